The van der Waals surface area contributed by atoms with Crippen molar-refractivity contribution >= 4 is 23.3 Å². The van der Waals surface area contributed by atoms with E-state index < -0.39 is 0 Å². The molecule has 2 atom stereocenters. The van der Waals surface area contributed by atoms with Crippen LogP contribution in [0, 0.1) is 27.7 Å². The van der Waals surface area contributed by atoms with Crippen LogP contribution in [-0.4, -0.2) is 39.2 Å². The van der Waals surface area contributed by atoms with Gasteiger partial charge in [0.25, 0.3) is 0 Å². The molecule has 33 heavy (non-hydrogen) atoms. The van der Waals surface area contributed by atoms with Crippen LogP contribution in [0.3, 0.4) is 0 Å². The van der Waals surface area contributed by atoms with E-state index in [1.165, 1.54) is 29.5 Å². The SMILES string of the molecule is COC(=O)CCN1C(=S)N[C@H](c2ccccn2)[C@H]1c1cc(C)n(-c2c(C)cccc2C)c1C. The van der Waals surface area contributed by atoms with Gasteiger partial charge < -0.3 is 19.5 Å². The summed E-state index contributed by atoms with van der Waals surface area (Å²) in [4.78, 5) is 18.6. The summed E-state index contributed by atoms with van der Waals surface area (Å²) >= 11 is 5.73. The quantitative estimate of drug-likeness (QED) is 0.425. The second-order valence-electron chi connectivity index (χ2n) is 8.55. The van der Waals surface area contributed by atoms with E-state index in [1.807, 2.05) is 18.2 Å². The molecule has 0 unspecified atom stereocenters. The Balaban J connectivity index is 1.83. The fourth-order valence-corrected chi connectivity index (χ4v) is 5.22. The summed E-state index contributed by atoms with van der Waals surface area (Å²) in [7, 11) is 1.41. The van der Waals surface area contributed by atoms with Gasteiger partial charge in [-0.15, -0.1) is 0 Å². The highest BCUT2D eigenvalue weighted by atomic mass is 32.1. The van der Waals surface area contributed by atoms with Gasteiger partial charge in [-0.25, -0.2) is 0 Å². The molecule has 0 radical (unpaired) electrons. The monoisotopic (exact) mass is 462 g/mol. The maximum Gasteiger partial charge on any atom is 0.307 e. The number of methoxy groups -OCH3 is 1. The first-order chi connectivity index (χ1) is 15.8. The number of nitrogens with zero attached hydrogens (tertiary/aromatic N) is 3. The standard InChI is InChI=1S/C26H30N4O2S/c1-16-9-8-10-17(2)24(16)30-18(3)15-20(19(30)4)25-23(21-11-6-7-13-27-21)28-26(33)29(25)14-12-22(31)32-5/h6-11,13,15,23,25H,12,14H2,1-5H3,(H,28,33)/t23-,25-/m1/s1. The predicted octanol–water partition coefficient (Wildman–Crippen LogP) is 4.64. The van der Waals surface area contributed by atoms with Crippen LogP contribution in [0.25, 0.3) is 5.69 Å². The molecule has 1 aromatic carbocycles. The van der Waals surface area contributed by atoms with E-state index in [-0.39, 0.29) is 24.5 Å². The first-order valence-corrected chi connectivity index (χ1v) is 11.5. The highest BCUT2D eigenvalue weighted by Crippen LogP contribution is 2.41. The minimum atomic E-state index is -0.251. The minimum Gasteiger partial charge on any atom is -0.469 e. The molecule has 2 aromatic heterocycles. The van der Waals surface area contributed by atoms with Crippen LogP contribution in [0.4, 0.5) is 0 Å². The van der Waals surface area contributed by atoms with Crippen molar-refractivity contribution in [2.75, 3.05) is 13.7 Å². The summed E-state index contributed by atoms with van der Waals surface area (Å²) < 4.78 is 7.21. The Morgan fingerprint density at radius 2 is 1.85 bits per heavy atom. The zero-order valence-electron chi connectivity index (χ0n) is 19.8. The second kappa shape index (κ2) is 9.35. The Hall–Kier alpha value is -3.19. The third kappa shape index (κ3) is 4.25. The molecule has 1 N–H and O–H groups in total. The van der Waals surface area contributed by atoms with Crippen molar-refractivity contribution in [2.24, 2.45) is 0 Å². The summed E-state index contributed by atoms with van der Waals surface area (Å²) in [5.74, 6) is -0.251. The lowest BCUT2D eigenvalue weighted by Crippen LogP contribution is -2.32. The summed E-state index contributed by atoms with van der Waals surface area (Å²) in [6.07, 6.45) is 2.06. The Labute approximate surface area is 200 Å². The Bertz CT molecular complexity index is 1170. The van der Waals surface area contributed by atoms with Gasteiger partial charge in [0.15, 0.2) is 5.11 Å². The molecule has 6 nitrogen and oxygen atoms in total. The first-order valence-electron chi connectivity index (χ1n) is 11.1. The molecule has 3 aromatic rings. The summed E-state index contributed by atoms with van der Waals surface area (Å²) in [6.45, 7) is 9.06. The van der Waals surface area contributed by atoms with Crippen molar-refractivity contribution in [1.82, 2.24) is 19.8 Å². The average Bonchev–Trinajstić information content (AvgIpc) is 3.28. The number of aryl methyl sites for hydroxylation is 3. The Kier molecular flexibility index (Phi) is 6.51. The van der Waals surface area contributed by atoms with E-state index in [4.69, 9.17) is 17.0 Å². The van der Waals surface area contributed by atoms with Gasteiger partial charge in [0.05, 0.1) is 37.0 Å². The highest BCUT2D eigenvalue weighted by Gasteiger charge is 2.41. The number of benzene rings is 1. The molecule has 172 valence electrons. The molecule has 0 bridgehead atoms. The Morgan fingerprint density at radius 1 is 1.12 bits per heavy atom. The van der Waals surface area contributed by atoms with Crippen LogP contribution in [0.2, 0.25) is 0 Å². The molecule has 7 heteroatoms. The van der Waals surface area contributed by atoms with Gasteiger partial charge in [-0.05, 0) is 74.8 Å². The summed E-state index contributed by atoms with van der Waals surface area (Å²) in [5.41, 5.74) is 8.07. The van der Waals surface area contributed by atoms with Crippen LogP contribution in [0.5, 0.6) is 0 Å². The van der Waals surface area contributed by atoms with Crippen molar-refractivity contribution < 1.29 is 9.53 Å². The summed E-state index contributed by atoms with van der Waals surface area (Å²) in [5, 5.41) is 4.08. The third-order valence-corrected chi connectivity index (χ3v) is 6.79. The zero-order chi connectivity index (χ0) is 23.7. The van der Waals surface area contributed by atoms with Crippen molar-refractivity contribution in [2.45, 2.75) is 46.2 Å². The molecular weight excluding hydrogens is 432 g/mol. The van der Waals surface area contributed by atoms with Crippen LogP contribution < -0.4 is 5.32 Å². The van der Waals surface area contributed by atoms with E-state index in [0.29, 0.717) is 11.7 Å². The normalized spacial score (nSPS) is 17.8. The molecule has 0 amide bonds. The number of rotatable bonds is 6. The number of esters is 1. The number of carbonyl (C=O) groups is 1. The van der Waals surface area contributed by atoms with Gasteiger partial charge in [-0.3, -0.25) is 9.78 Å². The van der Waals surface area contributed by atoms with Crippen molar-refractivity contribution in [3.63, 3.8) is 0 Å². The number of carbonyl (C=O) groups excluding carboxylic acids is 1. The predicted molar refractivity (Wildman–Crippen MR) is 134 cm³/mol. The molecule has 1 aliphatic heterocycles. The molecule has 3 heterocycles. The molecule has 1 aliphatic rings. The number of hydrogen-bond donors (Lipinski definition) is 1. The van der Waals surface area contributed by atoms with Crippen LogP contribution in [0.15, 0.2) is 48.7 Å². The molecule has 4 rings (SSSR count). The zero-order valence-corrected chi connectivity index (χ0v) is 20.6. The number of nitrogens with one attached hydrogen (secondary N) is 1. The smallest absolute Gasteiger partial charge is 0.307 e. The van der Waals surface area contributed by atoms with Crippen molar-refractivity contribution in [3.8, 4) is 5.69 Å². The van der Waals surface area contributed by atoms with E-state index in [1.54, 1.807) is 6.20 Å². The number of para-hydroxylation sites is 1. The summed E-state index contributed by atoms with van der Waals surface area (Å²) in [6, 6.07) is 14.3. The number of thiocarbonyl (C=S) groups is 1. The van der Waals surface area contributed by atoms with E-state index in [0.717, 1.165) is 17.1 Å². The maximum absolute atomic E-state index is 11.9. The van der Waals surface area contributed by atoms with Gasteiger partial charge in [0.2, 0.25) is 0 Å². The van der Waals surface area contributed by atoms with Crippen LogP contribution >= 0.6 is 12.2 Å². The first kappa shape index (κ1) is 23.0. The number of pyridine rings is 1. The van der Waals surface area contributed by atoms with E-state index >= 15 is 0 Å². The van der Waals surface area contributed by atoms with E-state index in [9.17, 15) is 4.79 Å². The number of aromatic nitrogens is 2. The second-order valence-corrected chi connectivity index (χ2v) is 8.94. The lowest BCUT2D eigenvalue weighted by atomic mass is 9.96. The van der Waals surface area contributed by atoms with Gasteiger partial charge in [0, 0.05) is 24.1 Å². The fourth-order valence-electron chi connectivity index (χ4n) is 4.89. The molecule has 0 spiro atoms. The highest BCUT2D eigenvalue weighted by molar-refractivity contribution is 7.80. The molecular formula is C26H30N4O2S. The minimum absolute atomic E-state index is 0.0960. The van der Waals surface area contributed by atoms with Crippen LogP contribution in [-0.2, 0) is 9.53 Å². The lowest BCUT2D eigenvalue weighted by molar-refractivity contribution is -0.140. The van der Waals surface area contributed by atoms with Gasteiger partial charge in [-0.1, -0.05) is 24.3 Å². The van der Waals surface area contributed by atoms with Crippen molar-refractivity contribution in [1.29, 1.82) is 0 Å². The molecule has 1 fully saturated rings. The third-order valence-electron chi connectivity index (χ3n) is 6.43. The Morgan fingerprint density at radius 3 is 2.48 bits per heavy atom. The van der Waals surface area contributed by atoms with Crippen molar-refractivity contribution in [3.05, 3.63) is 82.4 Å². The van der Waals surface area contributed by atoms with Crippen LogP contribution in [0.1, 0.15) is 52.3 Å². The van der Waals surface area contributed by atoms with Gasteiger partial charge in [-0.2, -0.15) is 0 Å². The molecule has 0 saturated carbocycles. The largest absolute Gasteiger partial charge is 0.469 e. The lowest BCUT2D eigenvalue weighted by Gasteiger charge is -2.28. The number of hydrogen-bond acceptors (Lipinski definition) is 4. The molecule has 0 aliphatic carbocycles. The van der Waals surface area contributed by atoms with Gasteiger partial charge >= 0.3 is 5.97 Å². The fraction of sp³-hybridized carbons (Fsp3) is 0.346. The average molecular weight is 463 g/mol. The van der Waals surface area contributed by atoms with Gasteiger partial charge in [0.1, 0.15) is 0 Å². The molecule has 1 saturated heterocycles. The topological polar surface area (TPSA) is 59.4 Å². The number of ether oxygens (including phenoxy) is 1. The van der Waals surface area contributed by atoms with E-state index in [2.05, 4.69) is 71.7 Å². The maximum atomic E-state index is 11.9.